The summed E-state index contributed by atoms with van der Waals surface area (Å²) in [6.45, 7) is 3.57. The maximum absolute atomic E-state index is 12.6. The van der Waals surface area contributed by atoms with Gasteiger partial charge in [0.05, 0.1) is 15.5 Å². The van der Waals surface area contributed by atoms with Crippen molar-refractivity contribution >= 4 is 27.6 Å². The minimum atomic E-state index is -3.68. The first-order valence-electron chi connectivity index (χ1n) is 8.22. The molecule has 1 aliphatic rings. The van der Waals surface area contributed by atoms with Gasteiger partial charge in [-0.05, 0) is 57.7 Å². The Labute approximate surface area is 149 Å². The van der Waals surface area contributed by atoms with Crippen LogP contribution in [-0.4, -0.2) is 37.9 Å². The summed E-state index contributed by atoms with van der Waals surface area (Å²) < 4.78 is 31.9. The maximum atomic E-state index is 12.6. The molecule has 0 spiro atoms. The van der Waals surface area contributed by atoms with E-state index in [9.17, 15) is 13.2 Å². The average Bonchev–Trinajstić information content (AvgIpc) is 2.55. The van der Waals surface area contributed by atoms with Crippen molar-refractivity contribution in [3.8, 4) is 0 Å². The molecule has 0 N–H and O–H groups in total. The van der Waals surface area contributed by atoms with E-state index in [1.807, 2.05) is 0 Å². The molecule has 1 aromatic carbocycles. The quantitative estimate of drug-likeness (QED) is 0.735. The number of ether oxygens (including phenoxy) is 1. The Hall–Kier alpha value is -1.11. The summed E-state index contributed by atoms with van der Waals surface area (Å²) in [5.74, 6) is -0.559. The summed E-state index contributed by atoms with van der Waals surface area (Å²) in [6, 6.07) is 3.96. The average molecular weight is 374 g/mol. The smallest absolute Gasteiger partial charge is 0.339 e. The first kappa shape index (κ1) is 19.2. The molecular formula is C17H24ClNO4S. The van der Waals surface area contributed by atoms with Crippen molar-refractivity contribution in [1.29, 1.82) is 0 Å². The molecule has 24 heavy (non-hydrogen) atoms. The van der Waals surface area contributed by atoms with E-state index >= 15 is 0 Å². The molecule has 7 heteroatoms. The molecule has 5 nitrogen and oxygen atoms in total. The summed E-state index contributed by atoms with van der Waals surface area (Å²) in [4.78, 5) is 12.4. The standard InChI is InChI=1S/C17H24ClNO4S/c1-12(2)19(3)24(21,22)14-9-10-16(18)15(11-14)17(20)23-13-7-5-4-6-8-13/h9-13H,4-8H2,1-3H3. The molecule has 0 heterocycles. The first-order valence-corrected chi connectivity index (χ1v) is 10.0. The molecule has 0 aromatic heterocycles. The molecule has 1 saturated carbocycles. The highest BCUT2D eigenvalue weighted by Gasteiger charge is 2.26. The van der Waals surface area contributed by atoms with Gasteiger partial charge in [0, 0.05) is 13.1 Å². The Morgan fingerprint density at radius 3 is 2.46 bits per heavy atom. The van der Waals surface area contributed by atoms with Crippen molar-refractivity contribution in [2.24, 2.45) is 0 Å². The molecule has 0 saturated heterocycles. The minimum absolute atomic E-state index is 0.0405. The second-order valence-corrected chi connectivity index (χ2v) is 8.83. The van der Waals surface area contributed by atoms with E-state index in [1.54, 1.807) is 13.8 Å². The molecule has 1 aliphatic carbocycles. The number of benzene rings is 1. The molecule has 0 amide bonds. The van der Waals surface area contributed by atoms with Crippen LogP contribution in [0.2, 0.25) is 5.02 Å². The summed E-state index contributed by atoms with van der Waals surface area (Å²) in [7, 11) is -2.17. The van der Waals surface area contributed by atoms with Gasteiger partial charge in [0.25, 0.3) is 0 Å². The van der Waals surface area contributed by atoms with Gasteiger partial charge in [-0.1, -0.05) is 18.0 Å². The second-order valence-electron chi connectivity index (χ2n) is 6.42. The van der Waals surface area contributed by atoms with Crippen molar-refractivity contribution in [1.82, 2.24) is 4.31 Å². The zero-order valence-corrected chi connectivity index (χ0v) is 15.9. The van der Waals surface area contributed by atoms with Crippen LogP contribution in [0, 0.1) is 0 Å². The normalized spacial score (nSPS) is 16.6. The lowest BCUT2D eigenvalue weighted by Crippen LogP contribution is -2.33. The Bertz CT molecular complexity index is 697. The van der Waals surface area contributed by atoms with Crippen LogP contribution in [0.3, 0.4) is 0 Å². The molecule has 0 bridgehead atoms. The molecular weight excluding hydrogens is 350 g/mol. The third kappa shape index (κ3) is 4.29. The third-order valence-electron chi connectivity index (χ3n) is 4.39. The minimum Gasteiger partial charge on any atom is -0.459 e. The summed E-state index contributed by atoms with van der Waals surface area (Å²) >= 11 is 6.09. The maximum Gasteiger partial charge on any atom is 0.339 e. The number of carbonyl (C=O) groups is 1. The fraction of sp³-hybridized carbons (Fsp3) is 0.588. The van der Waals surface area contributed by atoms with Crippen LogP contribution in [0.5, 0.6) is 0 Å². The molecule has 0 unspecified atom stereocenters. The van der Waals surface area contributed by atoms with Crippen LogP contribution >= 0.6 is 11.6 Å². The SMILES string of the molecule is CC(C)N(C)S(=O)(=O)c1ccc(Cl)c(C(=O)OC2CCCCC2)c1. The Kier molecular flexibility index (Phi) is 6.28. The van der Waals surface area contributed by atoms with Crippen LogP contribution in [0.1, 0.15) is 56.3 Å². The molecule has 0 aliphatic heterocycles. The topological polar surface area (TPSA) is 63.7 Å². The van der Waals surface area contributed by atoms with Gasteiger partial charge in [0.15, 0.2) is 0 Å². The Balaban J connectivity index is 2.26. The van der Waals surface area contributed by atoms with Crippen molar-refractivity contribution < 1.29 is 17.9 Å². The van der Waals surface area contributed by atoms with E-state index in [1.165, 1.54) is 29.6 Å². The zero-order chi connectivity index (χ0) is 17.9. The van der Waals surface area contributed by atoms with Crippen LogP contribution in [0.15, 0.2) is 23.1 Å². The molecule has 134 valence electrons. The molecule has 1 fully saturated rings. The predicted molar refractivity (Wildman–Crippen MR) is 93.8 cm³/mol. The Morgan fingerprint density at radius 1 is 1.25 bits per heavy atom. The van der Waals surface area contributed by atoms with E-state index in [2.05, 4.69) is 0 Å². The van der Waals surface area contributed by atoms with Crippen molar-refractivity contribution in [3.63, 3.8) is 0 Å². The number of rotatable bonds is 5. The summed E-state index contributed by atoms with van der Waals surface area (Å²) in [5, 5.41) is 0.196. The molecule has 1 aromatic rings. The number of hydrogen-bond donors (Lipinski definition) is 0. The number of sulfonamides is 1. The number of esters is 1. The van der Waals surface area contributed by atoms with Gasteiger partial charge >= 0.3 is 5.97 Å². The largest absolute Gasteiger partial charge is 0.459 e. The summed E-state index contributed by atoms with van der Waals surface area (Å²) in [5.41, 5.74) is 0.0977. The van der Waals surface area contributed by atoms with E-state index in [0.717, 1.165) is 32.1 Å². The van der Waals surface area contributed by atoms with Gasteiger partial charge < -0.3 is 4.74 Å². The fourth-order valence-electron chi connectivity index (χ4n) is 2.66. The zero-order valence-electron chi connectivity index (χ0n) is 14.3. The van der Waals surface area contributed by atoms with Gasteiger partial charge in [-0.15, -0.1) is 0 Å². The molecule has 0 atom stereocenters. The number of carbonyl (C=O) groups excluding carboxylic acids is 1. The van der Waals surface area contributed by atoms with Gasteiger partial charge in [-0.3, -0.25) is 0 Å². The van der Waals surface area contributed by atoms with Crippen LogP contribution in [-0.2, 0) is 14.8 Å². The van der Waals surface area contributed by atoms with Crippen molar-refractivity contribution in [3.05, 3.63) is 28.8 Å². The predicted octanol–water partition coefficient (Wildman–Crippen LogP) is 3.86. The third-order valence-corrected chi connectivity index (χ3v) is 6.75. The number of hydrogen-bond acceptors (Lipinski definition) is 4. The summed E-state index contributed by atoms with van der Waals surface area (Å²) in [6.07, 6.45) is 4.82. The van der Waals surface area contributed by atoms with E-state index in [0.29, 0.717) is 0 Å². The number of nitrogens with zero attached hydrogens (tertiary/aromatic N) is 1. The van der Waals surface area contributed by atoms with Gasteiger partial charge in [0.2, 0.25) is 10.0 Å². The fourth-order valence-corrected chi connectivity index (χ4v) is 4.25. The molecule has 0 radical (unpaired) electrons. The van der Waals surface area contributed by atoms with Crippen LogP contribution in [0.4, 0.5) is 0 Å². The highest BCUT2D eigenvalue weighted by molar-refractivity contribution is 7.89. The van der Waals surface area contributed by atoms with E-state index in [4.69, 9.17) is 16.3 Å². The highest BCUT2D eigenvalue weighted by Crippen LogP contribution is 2.26. The lowest BCUT2D eigenvalue weighted by atomic mass is 9.98. The van der Waals surface area contributed by atoms with Gasteiger partial charge in [-0.25, -0.2) is 13.2 Å². The number of halogens is 1. The first-order chi connectivity index (χ1) is 11.2. The highest BCUT2D eigenvalue weighted by atomic mass is 35.5. The lowest BCUT2D eigenvalue weighted by Gasteiger charge is -2.23. The van der Waals surface area contributed by atoms with Crippen molar-refractivity contribution in [2.45, 2.75) is 63.0 Å². The van der Waals surface area contributed by atoms with E-state index in [-0.39, 0.29) is 27.6 Å². The molecule has 2 rings (SSSR count). The van der Waals surface area contributed by atoms with Crippen LogP contribution in [0.25, 0.3) is 0 Å². The lowest BCUT2D eigenvalue weighted by molar-refractivity contribution is 0.0211. The van der Waals surface area contributed by atoms with E-state index < -0.39 is 16.0 Å². The van der Waals surface area contributed by atoms with Gasteiger partial charge in [0.1, 0.15) is 6.10 Å². The second kappa shape index (κ2) is 7.85. The van der Waals surface area contributed by atoms with Gasteiger partial charge in [-0.2, -0.15) is 4.31 Å². The van der Waals surface area contributed by atoms with Crippen molar-refractivity contribution in [2.75, 3.05) is 7.05 Å². The van der Waals surface area contributed by atoms with Crippen LogP contribution < -0.4 is 0 Å². The monoisotopic (exact) mass is 373 g/mol. The Morgan fingerprint density at radius 2 is 1.88 bits per heavy atom.